The van der Waals surface area contributed by atoms with Crippen LogP contribution in [-0.4, -0.2) is 25.7 Å². The Labute approximate surface area is 157 Å². The number of anilines is 1. The summed E-state index contributed by atoms with van der Waals surface area (Å²) in [6, 6.07) is 7.00. The number of benzene rings is 1. The van der Waals surface area contributed by atoms with Crippen molar-refractivity contribution in [1.82, 2.24) is 25.0 Å². The standard InChI is InChI=1S/C19H22N6O2/c1-3-15-22-18(27-24-15)13-6-4-5-7-14(13)21-19(26)23-16(12-8-9-12)17-20-10-11-25(17)2/h4-7,10-12,16H,3,8-9H2,1-2H3,(H2,21,23,26)/t16-/m1/s1. The molecule has 8 nitrogen and oxygen atoms in total. The first-order valence-corrected chi connectivity index (χ1v) is 9.12. The van der Waals surface area contributed by atoms with E-state index in [0.717, 1.165) is 18.7 Å². The fourth-order valence-corrected chi connectivity index (χ4v) is 3.08. The summed E-state index contributed by atoms with van der Waals surface area (Å²) in [5.74, 6) is 2.32. The molecule has 0 spiro atoms. The van der Waals surface area contributed by atoms with E-state index in [4.69, 9.17) is 4.52 Å². The van der Waals surface area contributed by atoms with Gasteiger partial charge in [-0.05, 0) is 30.9 Å². The molecular weight excluding hydrogens is 344 g/mol. The van der Waals surface area contributed by atoms with E-state index in [9.17, 15) is 4.79 Å². The van der Waals surface area contributed by atoms with Crippen molar-refractivity contribution in [3.8, 4) is 11.5 Å². The second kappa shape index (κ2) is 7.22. The number of nitrogens with one attached hydrogen (secondary N) is 2. The average molecular weight is 366 g/mol. The van der Waals surface area contributed by atoms with Gasteiger partial charge in [-0.1, -0.05) is 24.2 Å². The van der Waals surface area contributed by atoms with Gasteiger partial charge >= 0.3 is 6.03 Å². The Hall–Kier alpha value is -3.16. The van der Waals surface area contributed by atoms with Crippen LogP contribution >= 0.6 is 0 Å². The lowest BCUT2D eigenvalue weighted by molar-refractivity contribution is 0.246. The van der Waals surface area contributed by atoms with Gasteiger partial charge in [-0.15, -0.1) is 0 Å². The molecule has 140 valence electrons. The van der Waals surface area contributed by atoms with E-state index in [1.165, 1.54) is 0 Å². The van der Waals surface area contributed by atoms with Gasteiger partial charge in [-0.25, -0.2) is 9.78 Å². The van der Waals surface area contributed by atoms with Crippen LogP contribution < -0.4 is 10.6 Å². The maximum Gasteiger partial charge on any atom is 0.319 e. The van der Waals surface area contributed by atoms with E-state index in [0.29, 0.717) is 35.3 Å². The maximum atomic E-state index is 12.7. The van der Waals surface area contributed by atoms with Gasteiger partial charge in [0.1, 0.15) is 5.82 Å². The number of hydrogen-bond acceptors (Lipinski definition) is 5. The Morgan fingerprint density at radius 2 is 2.19 bits per heavy atom. The van der Waals surface area contributed by atoms with Crippen molar-refractivity contribution in [2.24, 2.45) is 13.0 Å². The predicted molar refractivity (Wildman–Crippen MR) is 99.9 cm³/mol. The smallest absolute Gasteiger partial charge is 0.319 e. The Morgan fingerprint density at radius 3 is 2.85 bits per heavy atom. The summed E-state index contributed by atoms with van der Waals surface area (Å²) in [5, 5.41) is 9.91. The topological polar surface area (TPSA) is 97.9 Å². The number of aryl methyl sites for hydroxylation is 2. The normalized spacial score (nSPS) is 14.7. The molecule has 1 saturated carbocycles. The van der Waals surface area contributed by atoms with Crippen LogP contribution in [0.2, 0.25) is 0 Å². The van der Waals surface area contributed by atoms with Crippen LogP contribution in [0.5, 0.6) is 0 Å². The number of rotatable bonds is 6. The van der Waals surface area contributed by atoms with Gasteiger partial charge in [0.2, 0.25) is 0 Å². The van der Waals surface area contributed by atoms with Gasteiger partial charge in [-0.3, -0.25) is 0 Å². The zero-order chi connectivity index (χ0) is 18.8. The molecule has 0 radical (unpaired) electrons. The highest BCUT2D eigenvalue weighted by Gasteiger charge is 2.35. The second-order valence-corrected chi connectivity index (χ2v) is 6.72. The first kappa shape index (κ1) is 17.3. The molecule has 2 amide bonds. The van der Waals surface area contributed by atoms with Crippen molar-refractivity contribution >= 4 is 11.7 Å². The van der Waals surface area contributed by atoms with E-state index in [2.05, 4.69) is 25.8 Å². The van der Waals surface area contributed by atoms with E-state index in [-0.39, 0.29) is 12.1 Å². The molecule has 2 aromatic heterocycles. The third kappa shape index (κ3) is 3.69. The first-order chi connectivity index (χ1) is 13.2. The summed E-state index contributed by atoms with van der Waals surface area (Å²) >= 11 is 0. The Bertz CT molecular complexity index is 943. The molecule has 2 heterocycles. The van der Waals surface area contributed by atoms with Crippen LogP contribution in [0.25, 0.3) is 11.5 Å². The minimum Gasteiger partial charge on any atom is -0.336 e. The largest absolute Gasteiger partial charge is 0.336 e. The third-order valence-electron chi connectivity index (χ3n) is 4.71. The summed E-state index contributed by atoms with van der Waals surface area (Å²) in [6.07, 6.45) is 6.51. The third-order valence-corrected chi connectivity index (χ3v) is 4.71. The molecule has 0 bridgehead atoms. The molecular formula is C19H22N6O2. The van der Waals surface area contributed by atoms with Gasteiger partial charge in [0.25, 0.3) is 5.89 Å². The lowest BCUT2D eigenvalue weighted by atomic mass is 10.1. The van der Waals surface area contributed by atoms with Gasteiger partial charge in [0, 0.05) is 25.9 Å². The Morgan fingerprint density at radius 1 is 1.37 bits per heavy atom. The van der Waals surface area contributed by atoms with E-state index < -0.39 is 0 Å². The average Bonchev–Trinajstić information content (AvgIpc) is 3.25. The summed E-state index contributed by atoms with van der Waals surface area (Å²) < 4.78 is 7.27. The molecule has 1 aliphatic carbocycles. The van der Waals surface area contributed by atoms with E-state index in [1.54, 1.807) is 6.20 Å². The number of para-hydroxylation sites is 1. The Kier molecular flexibility index (Phi) is 4.62. The molecule has 0 aliphatic heterocycles. The number of amides is 2. The number of carbonyl (C=O) groups is 1. The van der Waals surface area contributed by atoms with Gasteiger partial charge in [0.15, 0.2) is 5.82 Å². The van der Waals surface area contributed by atoms with Crippen molar-refractivity contribution < 1.29 is 9.32 Å². The molecule has 1 aromatic carbocycles. The Balaban J connectivity index is 1.52. The van der Waals surface area contributed by atoms with E-state index in [1.807, 2.05) is 49.0 Å². The molecule has 0 unspecified atom stereocenters. The molecule has 8 heteroatoms. The number of urea groups is 1. The number of nitrogens with zero attached hydrogens (tertiary/aromatic N) is 4. The van der Waals surface area contributed by atoms with Crippen LogP contribution in [0, 0.1) is 5.92 Å². The number of aromatic nitrogens is 4. The van der Waals surface area contributed by atoms with Crippen LogP contribution in [0.1, 0.15) is 37.5 Å². The predicted octanol–water partition coefficient (Wildman–Crippen LogP) is 3.31. The fraction of sp³-hybridized carbons (Fsp3) is 0.368. The number of imidazole rings is 1. The van der Waals surface area contributed by atoms with Crippen molar-refractivity contribution in [2.45, 2.75) is 32.2 Å². The van der Waals surface area contributed by atoms with E-state index >= 15 is 0 Å². The monoisotopic (exact) mass is 366 g/mol. The van der Waals surface area contributed by atoms with Crippen molar-refractivity contribution in [3.63, 3.8) is 0 Å². The lowest BCUT2D eigenvalue weighted by Gasteiger charge is -2.19. The molecule has 3 aromatic rings. The summed E-state index contributed by atoms with van der Waals surface area (Å²) in [5.41, 5.74) is 1.32. The summed E-state index contributed by atoms with van der Waals surface area (Å²) in [7, 11) is 1.94. The molecule has 27 heavy (non-hydrogen) atoms. The zero-order valence-corrected chi connectivity index (χ0v) is 15.3. The van der Waals surface area contributed by atoms with Crippen LogP contribution in [0.4, 0.5) is 10.5 Å². The maximum absolute atomic E-state index is 12.7. The quantitative estimate of drug-likeness (QED) is 0.697. The van der Waals surface area contributed by atoms with Gasteiger partial charge < -0.3 is 19.7 Å². The summed E-state index contributed by atoms with van der Waals surface area (Å²) in [4.78, 5) is 21.4. The molecule has 2 N–H and O–H groups in total. The van der Waals surface area contributed by atoms with Crippen molar-refractivity contribution in [3.05, 3.63) is 48.3 Å². The first-order valence-electron chi connectivity index (χ1n) is 9.12. The van der Waals surface area contributed by atoms with Gasteiger partial charge in [0.05, 0.1) is 17.3 Å². The molecule has 1 atom stereocenters. The highest BCUT2D eigenvalue weighted by atomic mass is 16.5. The second-order valence-electron chi connectivity index (χ2n) is 6.72. The molecule has 1 fully saturated rings. The van der Waals surface area contributed by atoms with Crippen LogP contribution in [-0.2, 0) is 13.5 Å². The van der Waals surface area contributed by atoms with Crippen molar-refractivity contribution in [2.75, 3.05) is 5.32 Å². The SMILES string of the molecule is CCc1noc(-c2ccccc2NC(=O)N[C@@H](c2nccn2C)C2CC2)n1. The zero-order valence-electron chi connectivity index (χ0n) is 15.3. The van der Waals surface area contributed by atoms with Crippen LogP contribution in [0.15, 0.2) is 41.2 Å². The van der Waals surface area contributed by atoms with Gasteiger partial charge in [-0.2, -0.15) is 4.98 Å². The van der Waals surface area contributed by atoms with Crippen LogP contribution in [0.3, 0.4) is 0 Å². The molecule has 4 rings (SSSR count). The molecule has 0 saturated heterocycles. The summed E-state index contributed by atoms with van der Waals surface area (Å²) in [6.45, 7) is 1.96. The molecule has 1 aliphatic rings. The highest BCUT2D eigenvalue weighted by Crippen LogP contribution is 2.40. The fourth-order valence-electron chi connectivity index (χ4n) is 3.08. The minimum atomic E-state index is -0.280. The highest BCUT2D eigenvalue weighted by molar-refractivity contribution is 5.93. The number of hydrogen-bond donors (Lipinski definition) is 2. The number of carbonyl (C=O) groups excluding carboxylic acids is 1. The lowest BCUT2D eigenvalue weighted by Crippen LogP contribution is -2.35. The minimum absolute atomic E-state index is 0.104. The van der Waals surface area contributed by atoms with Crippen molar-refractivity contribution in [1.29, 1.82) is 0 Å².